The van der Waals surface area contributed by atoms with E-state index in [2.05, 4.69) is 15.2 Å². The summed E-state index contributed by atoms with van der Waals surface area (Å²) in [7, 11) is 1.51. The molecule has 0 aliphatic heterocycles. The maximum atomic E-state index is 11.8. The lowest BCUT2D eigenvalue weighted by Crippen LogP contribution is -1.99. The highest BCUT2D eigenvalue weighted by atomic mass is 32.1. The van der Waals surface area contributed by atoms with E-state index >= 15 is 0 Å². The summed E-state index contributed by atoms with van der Waals surface area (Å²) in [6, 6.07) is 1.61. The van der Waals surface area contributed by atoms with E-state index in [4.69, 9.17) is 4.74 Å². The van der Waals surface area contributed by atoms with Crippen LogP contribution in [-0.2, 0) is 0 Å². The smallest absolute Gasteiger partial charge is 0.273 e. The number of nitrogens with zero attached hydrogens (tertiary/aromatic N) is 3. The van der Waals surface area contributed by atoms with Crippen LogP contribution in [0, 0.1) is 0 Å². The number of thiazole rings is 1. The number of aromatic nitrogens is 3. The summed E-state index contributed by atoms with van der Waals surface area (Å²) in [4.78, 5) is 16.3. The van der Waals surface area contributed by atoms with Crippen LogP contribution in [0.1, 0.15) is 15.2 Å². The second-order valence-corrected chi connectivity index (χ2v) is 3.65. The molecule has 15 heavy (non-hydrogen) atoms. The van der Waals surface area contributed by atoms with Gasteiger partial charge in [0, 0.05) is 5.56 Å². The van der Waals surface area contributed by atoms with E-state index in [1.165, 1.54) is 37.0 Å². The molecule has 0 saturated carbocycles. The average Bonchev–Trinajstić information content (AvgIpc) is 2.78. The average molecular weight is 221 g/mol. The number of carbonyl (C=O) groups excluding carboxylic acids is 1. The zero-order valence-corrected chi connectivity index (χ0v) is 8.69. The van der Waals surface area contributed by atoms with Crippen LogP contribution < -0.4 is 4.74 Å². The van der Waals surface area contributed by atoms with Crippen LogP contribution >= 0.6 is 11.3 Å². The van der Waals surface area contributed by atoms with Gasteiger partial charge in [0.25, 0.3) is 5.19 Å². The minimum atomic E-state index is -0.120. The highest BCUT2D eigenvalue weighted by molar-refractivity contribution is 7.15. The molecule has 0 aliphatic carbocycles. The van der Waals surface area contributed by atoms with E-state index in [0.717, 1.165) is 0 Å². The van der Waals surface area contributed by atoms with Crippen molar-refractivity contribution in [1.82, 2.24) is 15.2 Å². The summed E-state index contributed by atoms with van der Waals surface area (Å²) < 4.78 is 4.91. The van der Waals surface area contributed by atoms with Crippen LogP contribution in [0.15, 0.2) is 24.7 Å². The fraction of sp³-hybridized carbons (Fsp3) is 0.111. The van der Waals surface area contributed by atoms with Crippen molar-refractivity contribution in [3.05, 3.63) is 35.1 Å². The Balaban J connectivity index is 2.29. The number of ketones is 1. The molecule has 76 valence electrons. The summed E-state index contributed by atoms with van der Waals surface area (Å²) in [5, 5.41) is 7.72. The molecule has 0 bridgehead atoms. The van der Waals surface area contributed by atoms with E-state index in [9.17, 15) is 4.79 Å². The van der Waals surface area contributed by atoms with Crippen molar-refractivity contribution in [2.75, 3.05) is 7.11 Å². The molecule has 5 nitrogen and oxygen atoms in total. The van der Waals surface area contributed by atoms with Gasteiger partial charge in [-0.2, -0.15) is 10.2 Å². The van der Waals surface area contributed by atoms with Crippen molar-refractivity contribution in [2.45, 2.75) is 0 Å². The first-order valence-corrected chi connectivity index (χ1v) is 4.94. The van der Waals surface area contributed by atoms with Gasteiger partial charge in [0.1, 0.15) is 0 Å². The summed E-state index contributed by atoms with van der Waals surface area (Å²) in [6.45, 7) is 0. The molecule has 0 atom stereocenters. The van der Waals surface area contributed by atoms with E-state index in [1.54, 1.807) is 6.07 Å². The molecule has 0 N–H and O–H groups in total. The molecule has 0 saturated heterocycles. The highest BCUT2D eigenvalue weighted by Crippen LogP contribution is 2.22. The maximum Gasteiger partial charge on any atom is 0.273 e. The fourth-order valence-electron chi connectivity index (χ4n) is 1.02. The molecular formula is C9H7N3O2S. The Morgan fingerprint density at radius 2 is 2.27 bits per heavy atom. The van der Waals surface area contributed by atoms with Crippen molar-refractivity contribution in [1.29, 1.82) is 0 Å². The summed E-state index contributed by atoms with van der Waals surface area (Å²) in [5.74, 6) is -0.120. The van der Waals surface area contributed by atoms with Gasteiger partial charge in [0.05, 0.1) is 30.6 Å². The van der Waals surface area contributed by atoms with Crippen molar-refractivity contribution in [2.24, 2.45) is 0 Å². The number of methoxy groups -OCH3 is 1. The molecule has 0 fully saturated rings. The third-order valence-corrected chi connectivity index (χ3v) is 2.69. The Morgan fingerprint density at radius 1 is 1.40 bits per heavy atom. The van der Waals surface area contributed by atoms with Gasteiger partial charge in [0.15, 0.2) is 0 Å². The van der Waals surface area contributed by atoms with Crippen molar-refractivity contribution >= 4 is 17.1 Å². The maximum absolute atomic E-state index is 11.8. The van der Waals surface area contributed by atoms with Gasteiger partial charge < -0.3 is 4.74 Å². The Kier molecular flexibility index (Phi) is 2.68. The van der Waals surface area contributed by atoms with Crippen LogP contribution in [0.2, 0.25) is 0 Å². The zero-order valence-electron chi connectivity index (χ0n) is 7.88. The zero-order chi connectivity index (χ0) is 10.7. The lowest BCUT2D eigenvalue weighted by molar-refractivity contribution is 0.104. The quantitative estimate of drug-likeness (QED) is 0.728. The first-order valence-electron chi connectivity index (χ1n) is 4.12. The molecule has 0 spiro atoms. The van der Waals surface area contributed by atoms with E-state index < -0.39 is 0 Å². The topological polar surface area (TPSA) is 65.0 Å². The molecule has 2 aromatic rings. The predicted octanol–water partition coefficient (Wildman–Crippen LogP) is 1.17. The highest BCUT2D eigenvalue weighted by Gasteiger charge is 2.13. The number of rotatable bonds is 3. The normalized spacial score (nSPS) is 9.93. The third kappa shape index (κ3) is 1.99. The van der Waals surface area contributed by atoms with Gasteiger partial charge in [-0.05, 0) is 6.07 Å². The largest absolute Gasteiger partial charge is 0.473 e. The molecule has 0 unspecified atom stereocenters. The Hall–Kier alpha value is -1.82. The lowest BCUT2D eigenvalue weighted by atomic mass is 10.2. The second-order valence-electron chi connectivity index (χ2n) is 2.65. The molecule has 2 rings (SSSR count). The van der Waals surface area contributed by atoms with Crippen molar-refractivity contribution < 1.29 is 9.53 Å². The van der Waals surface area contributed by atoms with E-state index in [-0.39, 0.29) is 5.78 Å². The van der Waals surface area contributed by atoms with Gasteiger partial charge in [-0.3, -0.25) is 4.79 Å². The molecule has 0 aliphatic rings. The summed E-state index contributed by atoms with van der Waals surface area (Å²) >= 11 is 1.20. The Labute approximate surface area is 89.8 Å². The van der Waals surface area contributed by atoms with Gasteiger partial charge in [-0.1, -0.05) is 11.3 Å². The second kappa shape index (κ2) is 4.14. The molecular weight excluding hydrogens is 214 g/mol. The first-order chi connectivity index (χ1) is 7.31. The van der Waals surface area contributed by atoms with Gasteiger partial charge >= 0.3 is 0 Å². The fourth-order valence-corrected chi connectivity index (χ4v) is 1.72. The number of hydrogen-bond acceptors (Lipinski definition) is 6. The van der Waals surface area contributed by atoms with Crippen molar-refractivity contribution in [3.63, 3.8) is 0 Å². The minimum Gasteiger partial charge on any atom is -0.473 e. The van der Waals surface area contributed by atoms with Gasteiger partial charge in [0.2, 0.25) is 5.78 Å². The van der Waals surface area contributed by atoms with Crippen LogP contribution in [0.4, 0.5) is 0 Å². The Morgan fingerprint density at radius 3 is 2.87 bits per heavy atom. The monoisotopic (exact) mass is 221 g/mol. The van der Waals surface area contributed by atoms with Crippen LogP contribution in [0.3, 0.4) is 0 Å². The third-order valence-electron chi connectivity index (χ3n) is 1.73. The van der Waals surface area contributed by atoms with Crippen LogP contribution in [-0.4, -0.2) is 28.1 Å². The lowest BCUT2D eigenvalue weighted by Gasteiger charge is -1.94. The minimum absolute atomic E-state index is 0.120. The van der Waals surface area contributed by atoms with Crippen molar-refractivity contribution in [3.8, 4) is 5.19 Å². The molecule has 0 aromatic carbocycles. The van der Waals surface area contributed by atoms with Crippen LogP contribution in [0.5, 0.6) is 5.19 Å². The Bertz CT molecular complexity index is 469. The number of hydrogen-bond donors (Lipinski definition) is 0. The molecule has 6 heteroatoms. The van der Waals surface area contributed by atoms with E-state index in [0.29, 0.717) is 15.6 Å². The molecule has 0 amide bonds. The molecule has 2 heterocycles. The number of ether oxygens (including phenoxy) is 1. The van der Waals surface area contributed by atoms with Crippen LogP contribution in [0.25, 0.3) is 0 Å². The van der Waals surface area contributed by atoms with Gasteiger partial charge in [-0.25, -0.2) is 4.98 Å². The number of carbonyl (C=O) groups is 1. The standard InChI is InChI=1S/C9H7N3O2S/c1-14-9-10-5-7(15-9)8(13)6-2-3-11-12-4-6/h2-5H,1H3. The summed E-state index contributed by atoms with van der Waals surface area (Å²) in [6.07, 6.45) is 4.40. The van der Waals surface area contributed by atoms with E-state index in [1.807, 2.05) is 0 Å². The molecule has 2 aromatic heterocycles. The van der Waals surface area contributed by atoms with Gasteiger partial charge in [-0.15, -0.1) is 0 Å². The summed E-state index contributed by atoms with van der Waals surface area (Å²) in [5.41, 5.74) is 0.497. The SMILES string of the molecule is COc1ncc(C(=O)c2ccnnc2)s1. The first kappa shape index (κ1) is 9.72. The molecule has 0 radical (unpaired) electrons. The predicted molar refractivity (Wildman–Crippen MR) is 54.1 cm³/mol.